The van der Waals surface area contributed by atoms with Crippen molar-refractivity contribution in [3.05, 3.63) is 83.4 Å². The van der Waals surface area contributed by atoms with Gasteiger partial charge in [-0.1, -0.05) is 67.9 Å². The molecule has 1 fully saturated rings. The second-order valence-electron chi connectivity index (χ2n) is 8.53. The van der Waals surface area contributed by atoms with Crippen molar-refractivity contribution in [1.82, 2.24) is 5.32 Å². The van der Waals surface area contributed by atoms with E-state index in [1.54, 1.807) is 0 Å². The van der Waals surface area contributed by atoms with Gasteiger partial charge in [0.15, 0.2) is 0 Å². The molecule has 0 saturated carbocycles. The van der Waals surface area contributed by atoms with E-state index in [1.165, 1.54) is 5.56 Å². The van der Waals surface area contributed by atoms with Crippen molar-refractivity contribution in [3.8, 4) is 11.1 Å². The van der Waals surface area contributed by atoms with Crippen molar-refractivity contribution >= 4 is 17.3 Å². The maximum Gasteiger partial charge on any atom is 0.256 e. The van der Waals surface area contributed by atoms with Crippen molar-refractivity contribution < 1.29 is 4.79 Å². The monoisotopic (exact) mass is 413 g/mol. The third-order valence-corrected chi connectivity index (χ3v) is 5.92. The van der Waals surface area contributed by atoms with E-state index in [9.17, 15) is 4.79 Å². The Hall–Kier alpha value is -3.11. The van der Waals surface area contributed by atoms with E-state index < -0.39 is 0 Å². The van der Waals surface area contributed by atoms with Crippen LogP contribution in [0.1, 0.15) is 41.3 Å². The smallest absolute Gasteiger partial charge is 0.256 e. The molecule has 160 valence electrons. The maximum absolute atomic E-state index is 13.4. The first-order chi connectivity index (χ1) is 15.0. The quantitative estimate of drug-likeness (QED) is 0.585. The Labute approximate surface area is 185 Å². The number of amides is 1. The zero-order valence-corrected chi connectivity index (χ0v) is 18.6. The van der Waals surface area contributed by atoms with E-state index in [4.69, 9.17) is 0 Å². The van der Waals surface area contributed by atoms with Crippen molar-refractivity contribution in [1.29, 1.82) is 0 Å². The van der Waals surface area contributed by atoms with E-state index in [0.29, 0.717) is 11.5 Å². The molecule has 0 aromatic heterocycles. The summed E-state index contributed by atoms with van der Waals surface area (Å²) >= 11 is 0. The van der Waals surface area contributed by atoms with Crippen LogP contribution >= 0.6 is 0 Å². The fourth-order valence-electron chi connectivity index (χ4n) is 4.09. The van der Waals surface area contributed by atoms with E-state index in [-0.39, 0.29) is 5.91 Å². The van der Waals surface area contributed by atoms with Gasteiger partial charge in [-0.2, -0.15) is 0 Å². The highest BCUT2D eigenvalue weighted by Crippen LogP contribution is 2.30. The Balaban J connectivity index is 1.64. The lowest BCUT2D eigenvalue weighted by atomic mass is 9.94. The van der Waals surface area contributed by atoms with Gasteiger partial charge in [0.05, 0.1) is 11.4 Å². The summed E-state index contributed by atoms with van der Waals surface area (Å²) in [6.45, 7) is 10.2. The lowest BCUT2D eigenvalue weighted by molar-refractivity contribution is 0.102. The Bertz CT molecular complexity index is 1050. The van der Waals surface area contributed by atoms with Gasteiger partial charge in [-0.15, -0.1) is 0 Å². The van der Waals surface area contributed by atoms with Crippen molar-refractivity contribution in [2.24, 2.45) is 0 Å². The number of para-hydroxylation sites is 2. The first-order valence-electron chi connectivity index (χ1n) is 11.1. The first-order valence-corrected chi connectivity index (χ1v) is 11.1. The van der Waals surface area contributed by atoms with Gasteiger partial charge in [-0.25, -0.2) is 0 Å². The molecule has 4 nitrogen and oxygen atoms in total. The molecule has 1 aliphatic rings. The number of anilines is 2. The minimum atomic E-state index is -0.0782. The van der Waals surface area contributed by atoms with E-state index in [0.717, 1.165) is 54.2 Å². The summed E-state index contributed by atoms with van der Waals surface area (Å²) < 4.78 is 0. The summed E-state index contributed by atoms with van der Waals surface area (Å²) in [6.07, 6.45) is 0. The molecule has 1 saturated heterocycles. The average molecular weight is 414 g/mol. The van der Waals surface area contributed by atoms with Gasteiger partial charge in [0, 0.05) is 31.7 Å². The minimum Gasteiger partial charge on any atom is -0.367 e. The fourth-order valence-corrected chi connectivity index (χ4v) is 4.09. The molecule has 0 radical (unpaired) electrons. The second-order valence-corrected chi connectivity index (χ2v) is 8.53. The summed E-state index contributed by atoms with van der Waals surface area (Å²) in [5.74, 6) is 0.404. The number of rotatable bonds is 5. The lowest BCUT2D eigenvalue weighted by Crippen LogP contribution is -2.43. The topological polar surface area (TPSA) is 44.4 Å². The van der Waals surface area contributed by atoms with Crippen LogP contribution in [-0.4, -0.2) is 32.1 Å². The van der Waals surface area contributed by atoms with Gasteiger partial charge < -0.3 is 15.5 Å². The molecule has 0 atom stereocenters. The van der Waals surface area contributed by atoms with Crippen LogP contribution in [0.2, 0.25) is 0 Å². The van der Waals surface area contributed by atoms with Crippen molar-refractivity contribution in [3.63, 3.8) is 0 Å². The number of hydrogen-bond acceptors (Lipinski definition) is 3. The molecule has 4 rings (SSSR count). The molecule has 0 bridgehead atoms. The molecule has 2 N–H and O–H groups in total. The largest absolute Gasteiger partial charge is 0.367 e. The van der Waals surface area contributed by atoms with Gasteiger partial charge in [0.2, 0.25) is 0 Å². The number of carbonyl (C=O) groups is 1. The van der Waals surface area contributed by atoms with Gasteiger partial charge in [0.1, 0.15) is 0 Å². The van der Waals surface area contributed by atoms with Gasteiger partial charge in [0.25, 0.3) is 5.91 Å². The Kier molecular flexibility index (Phi) is 6.38. The standard InChI is InChI=1S/C27H31N3O/c1-19(2)21-9-11-22(12-10-21)24-18-20(3)8-13-23(24)27(31)29-25-6-4-5-7-26(25)30-16-14-28-15-17-30/h4-13,18-19,28H,14-17H2,1-3H3,(H,29,31). The normalized spacial score (nSPS) is 14.0. The van der Waals surface area contributed by atoms with Crippen LogP contribution in [0, 0.1) is 6.92 Å². The average Bonchev–Trinajstić information content (AvgIpc) is 2.80. The van der Waals surface area contributed by atoms with Crippen LogP contribution in [-0.2, 0) is 0 Å². The lowest BCUT2D eigenvalue weighted by Gasteiger charge is -2.31. The molecule has 4 heteroatoms. The van der Waals surface area contributed by atoms with Gasteiger partial charge >= 0.3 is 0 Å². The summed E-state index contributed by atoms with van der Waals surface area (Å²) in [5, 5.41) is 6.57. The summed E-state index contributed by atoms with van der Waals surface area (Å²) in [7, 11) is 0. The maximum atomic E-state index is 13.4. The highest BCUT2D eigenvalue weighted by atomic mass is 16.1. The Morgan fingerprint density at radius 3 is 2.39 bits per heavy atom. The van der Waals surface area contributed by atoms with E-state index in [1.807, 2.05) is 30.3 Å². The van der Waals surface area contributed by atoms with Gasteiger partial charge in [-0.3, -0.25) is 4.79 Å². The van der Waals surface area contributed by atoms with Gasteiger partial charge in [-0.05, 0) is 47.7 Å². The van der Waals surface area contributed by atoms with Crippen LogP contribution < -0.4 is 15.5 Å². The number of piperazine rings is 1. The molecule has 1 amide bonds. The van der Waals surface area contributed by atoms with Crippen LogP contribution in [0.25, 0.3) is 11.1 Å². The minimum absolute atomic E-state index is 0.0782. The summed E-state index contributed by atoms with van der Waals surface area (Å²) in [6, 6.07) is 22.7. The van der Waals surface area contributed by atoms with Crippen LogP contribution in [0.5, 0.6) is 0 Å². The van der Waals surface area contributed by atoms with Crippen molar-refractivity contribution in [2.45, 2.75) is 26.7 Å². The molecule has 1 aliphatic heterocycles. The number of nitrogens with zero attached hydrogens (tertiary/aromatic N) is 1. The zero-order chi connectivity index (χ0) is 21.8. The number of carbonyl (C=O) groups excluding carboxylic acids is 1. The molecule has 0 spiro atoms. The Morgan fingerprint density at radius 1 is 0.968 bits per heavy atom. The van der Waals surface area contributed by atoms with Crippen molar-refractivity contribution in [2.75, 3.05) is 36.4 Å². The number of aryl methyl sites for hydroxylation is 1. The second kappa shape index (κ2) is 9.36. The highest BCUT2D eigenvalue weighted by molar-refractivity contribution is 6.10. The Morgan fingerprint density at radius 2 is 1.68 bits per heavy atom. The van der Waals surface area contributed by atoms with Crippen LogP contribution in [0.4, 0.5) is 11.4 Å². The molecule has 3 aromatic rings. The van der Waals surface area contributed by atoms with E-state index in [2.05, 4.69) is 72.7 Å². The number of hydrogen-bond donors (Lipinski definition) is 2. The summed E-state index contributed by atoms with van der Waals surface area (Å²) in [5.41, 5.74) is 7.09. The molecule has 3 aromatic carbocycles. The molecule has 31 heavy (non-hydrogen) atoms. The number of benzene rings is 3. The zero-order valence-electron chi connectivity index (χ0n) is 18.6. The van der Waals surface area contributed by atoms with E-state index >= 15 is 0 Å². The third kappa shape index (κ3) is 4.80. The fraction of sp³-hybridized carbons (Fsp3) is 0.296. The summed E-state index contributed by atoms with van der Waals surface area (Å²) in [4.78, 5) is 15.7. The molecular formula is C27H31N3O. The first kappa shape index (κ1) is 21.1. The molecule has 0 unspecified atom stereocenters. The third-order valence-electron chi connectivity index (χ3n) is 5.92. The SMILES string of the molecule is Cc1ccc(C(=O)Nc2ccccc2N2CCNCC2)c(-c2ccc(C(C)C)cc2)c1. The molecule has 0 aliphatic carbocycles. The molecular weight excluding hydrogens is 382 g/mol. The molecule has 1 heterocycles. The predicted octanol–water partition coefficient (Wildman–Crippen LogP) is 5.45. The number of nitrogens with one attached hydrogen (secondary N) is 2. The van der Waals surface area contributed by atoms with Crippen LogP contribution in [0.3, 0.4) is 0 Å². The predicted molar refractivity (Wildman–Crippen MR) is 130 cm³/mol. The highest BCUT2D eigenvalue weighted by Gasteiger charge is 2.18. The van der Waals surface area contributed by atoms with Crippen LogP contribution in [0.15, 0.2) is 66.7 Å².